The van der Waals surface area contributed by atoms with Crippen LogP contribution in [0.5, 0.6) is 0 Å². The molecule has 2 aromatic carbocycles. The lowest BCUT2D eigenvalue weighted by Crippen LogP contribution is -2.33. The molecule has 0 unspecified atom stereocenters. The zero-order valence-corrected chi connectivity index (χ0v) is 17.3. The summed E-state index contributed by atoms with van der Waals surface area (Å²) < 4.78 is 14.9. The van der Waals surface area contributed by atoms with Gasteiger partial charge in [-0.3, -0.25) is 4.79 Å². The normalized spacial score (nSPS) is 13.2. The summed E-state index contributed by atoms with van der Waals surface area (Å²) in [5, 5.41) is 12.2. The number of carbonyl (C=O) groups is 1. The number of nitrogens with one attached hydrogen (secondary N) is 1. The quantitative estimate of drug-likeness (QED) is 0.593. The number of hydrogen-bond acceptors (Lipinski definition) is 4. The van der Waals surface area contributed by atoms with E-state index in [1.165, 1.54) is 23.9 Å². The number of aromatic nitrogens is 3. The highest BCUT2D eigenvalue weighted by atomic mass is 35.5. The summed E-state index contributed by atoms with van der Waals surface area (Å²) in [6.45, 7) is 3.67. The minimum absolute atomic E-state index is 0.135. The highest BCUT2D eigenvalue weighted by Crippen LogP contribution is 2.29. The van der Waals surface area contributed by atoms with Gasteiger partial charge in [0.1, 0.15) is 5.82 Å². The Morgan fingerprint density at radius 1 is 1.14 bits per heavy atom. The highest BCUT2D eigenvalue weighted by molar-refractivity contribution is 8.00. The molecule has 0 fully saturated rings. The lowest BCUT2D eigenvalue weighted by molar-refractivity contribution is -0.120. The Labute approximate surface area is 172 Å². The van der Waals surface area contributed by atoms with Crippen molar-refractivity contribution in [3.05, 3.63) is 64.9 Å². The minimum atomic E-state index is -0.384. The Morgan fingerprint density at radius 3 is 2.50 bits per heavy atom. The average molecular weight is 419 g/mol. The molecule has 8 heteroatoms. The molecule has 2 atom stereocenters. The molecule has 0 spiro atoms. The van der Waals surface area contributed by atoms with Gasteiger partial charge in [-0.05, 0) is 43.7 Å². The molecule has 3 aromatic rings. The fourth-order valence-electron chi connectivity index (χ4n) is 2.67. The monoisotopic (exact) mass is 418 g/mol. The third-order valence-electron chi connectivity index (χ3n) is 4.33. The number of rotatable bonds is 6. The number of hydrogen-bond donors (Lipinski definition) is 1. The summed E-state index contributed by atoms with van der Waals surface area (Å²) in [5.41, 5.74) is 1.62. The predicted molar refractivity (Wildman–Crippen MR) is 110 cm³/mol. The van der Waals surface area contributed by atoms with E-state index in [4.69, 9.17) is 11.6 Å². The van der Waals surface area contributed by atoms with Crippen LogP contribution in [0.3, 0.4) is 0 Å². The van der Waals surface area contributed by atoms with Gasteiger partial charge in [0.25, 0.3) is 0 Å². The van der Waals surface area contributed by atoms with E-state index in [9.17, 15) is 9.18 Å². The van der Waals surface area contributed by atoms with Crippen LogP contribution >= 0.6 is 23.4 Å². The van der Waals surface area contributed by atoms with Gasteiger partial charge in [-0.15, -0.1) is 10.2 Å². The number of thioether (sulfide) groups is 1. The Balaban J connectivity index is 1.67. The molecule has 0 aliphatic heterocycles. The zero-order chi connectivity index (χ0) is 20.3. The van der Waals surface area contributed by atoms with Gasteiger partial charge >= 0.3 is 0 Å². The van der Waals surface area contributed by atoms with Crippen molar-refractivity contribution in [3.8, 4) is 11.4 Å². The van der Waals surface area contributed by atoms with Crippen LogP contribution < -0.4 is 5.32 Å². The van der Waals surface area contributed by atoms with Crippen LogP contribution in [0.25, 0.3) is 11.4 Å². The molecule has 1 heterocycles. The van der Waals surface area contributed by atoms with E-state index in [1.54, 1.807) is 25.1 Å². The second kappa shape index (κ2) is 8.75. The maximum atomic E-state index is 13.1. The van der Waals surface area contributed by atoms with Crippen molar-refractivity contribution in [2.45, 2.75) is 30.3 Å². The molecule has 1 aromatic heterocycles. The van der Waals surface area contributed by atoms with Crippen molar-refractivity contribution in [3.63, 3.8) is 0 Å². The standard InChI is InChI=1S/C20H20ClFN4OS/c1-12(14-8-10-15(22)11-9-14)23-19(27)13(2)28-20-25-24-18(26(20)3)16-6-4-5-7-17(16)21/h4-13H,1-3H3,(H,23,27)/t12-,13-/m1/s1. The Morgan fingerprint density at radius 2 is 1.82 bits per heavy atom. The largest absolute Gasteiger partial charge is 0.349 e. The minimum Gasteiger partial charge on any atom is -0.349 e. The maximum Gasteiger partial charge on any atom is 0.233 e. The molecular weight excluding hydrogens is 399 g/mol. The molecule has 1 amide bonds. The van der Waals surface area contributed by atoms with E-state index in [0.717, 1.165) is 11.1 Å². The SMILES string of the molecule is C[C@@H](Sc1nnc(-c2ccccc2Cl)n1C)C(=O)N[C@H](C)c1ccc(F)cc1. The van der Waals surface area contributed by atoms with Crippen LogP contribution in [0.2, 0.25) is 5.02 Å². The molecule has 0 saturated heterocycles. The second-order valence-electron chi connectivity index (χ2n) is 6.39. The summed E-state index contributed by atoms with van der Waals surface area (Å²) in [7, 11) is 1.84. The number of nitrogens with zero attached hydrogens (tertiary/aromatic N) is 3. The molecule has 0 aliphatic carbocycles. The lowest BCUT2D eigenvalue weighted by atomic mass is 10.1. The fraction of sp³-hybridized carbons (Fsp3) is 0.250. The van der Waals surface area contributed by atoms with Crippen LogP contribution in [-0.2, 0) is 11.8 Å². The van der Waals surface area contributed by atoms with Gasteiger partial charge in [0.2, 0.25) is 5.91 Å². The second-order valence-corrected chi connectivity index (χ2v) is 8.10. The van der Waals surface area contributed by atoms with Crippen molar-refractivity contribution in [1.82, 2.24) is 20.1 Å². The zero-order valence-electron chi connectivity index (χ0n) is 15.7. The van der Waals surface area contributed by atoms with Crippen molar-refractivity contribution in [1.29, 1.82) is 0 Å². The lowest BCUT2D eigenvalue weighted by Gasteiger charge is -2.17. The third-order valence-corrected chi connectivity index (χ3v) is 5.79. The molecule has 3 rings (SSSR count). The van der Waals surface area contributed by atoms with Crippen molar-refractivity contribution in [2.75, 3.05) is 0 Å². The summed E-state index contributed by atoms with van der Waals surface area (Å²) in [6, 6.07) is 13.3. The first kappa shape index (κ1) is 20.4. The first-order chi connectivity index (χ1) is 13.4. The smallest absolute Gasteiger partial charge is 0.233 e. The molecule has 0 bridgehead atoms. The molecule has 1 N–H and O–H groups in total. The summed E-state index contributed by atoms with van der Waals surface area (Å²) >= 11 is 7.56. The topological polar surface area (TPSA) is 59.8 Å². The van der Waals surface area contributed by atoms with Crippen LogP contribution in [0.15, 0.2) is 53.7 Å². The van der Waals surface area contributed by atoms with Gasteiger partial charge in [-0.25, -0.2) is 4.39 Å². The van der Waals surface area contributed by atoms with Gasteiger partial charge < -0.3 is 9.88 Å². The molecule has 5 nitrogen and oxygen atoms in total. The highest BCUT2D eigenvalue weighted by Gasteiger charge is 2.21. The predicted octanol–water partition coefficient (Wildman–Crippen LogP) is 4.63. The number of amides is 1. The van der Waals surface area contributed by atoms with Gasteiger partial charge in [0, 0.05) is 12.6 Å². The number of carbonyl (C=O) groups excluding carboxylic acids is 1. The van der Waals surface area contributed by atoms with Gasteiger partial charge in [0.05, 0.1) is 16.3 Å². The Kier molecular flexibility index (Phi) is 6.36. The summed E-state index contributed by atoms with van der Waals surface area (Å²) in [4.78, 5) is 12.6. The van der Waals surface area contributed by atoms with Crippen LogP contribution in [0.4, 0.5) is 4.39 Å². The van der Waals surface area contributed by atoms with Crippen molar-refractivity contribution < 1.29 is 9.18 Å². The van der Waals surface area contributed by atoms with E-state index < -0.39 is 0 Å². The fourth-order valence-corrected chi connectivity index (χ4v) is 3.72. The van der Waals surface area contributed by atoms with Crippen LogP contribution in [0.1, 0.15) is 25.5 Å². The maximum absolute atomic E-state index is 13.1. The van der Waals surface area contributed by atoms with Gasteiger partial charge in [0.15, 0.2) is 11.0 Å². The average Bonchev–Trinajstić information content (AvgIpc) is 3.03. The summed E-state index contributed by atoms with van der Waals surface area (Å²) in [5.74, 6) is 0.201. The molecule has 146 valence electrons. The number of benzene rings is 2. The van der Waals surface area contributed by atoms with Crippen LogP contribution in [0, 0.1) is 5.82 Å². The molecular formula is C20H20ClFN4OS. The van der Waals surface area contributed by atoms with Gasteiger partial charge in [-0.2, -0.15) is 0 Å². The van der Waals surface area contributed by atoms with E-state index in [1.807, 2.05) is 36.7 Å². The van der Waals surface area contributed by atoms with E-state index >= 15 is 0 Å². The molecule has 28 heavy (non-hydrogen) atoms. The van der Waals surface area contributed by atoms with E-state index in [-0.39, 0.29) is 23.0 Å². The summed E-state index contributed by atoms with van der Waals surface area (Å²) in [6.07, 6.45) is 0. The van der Waals surface area contributed by atoms with Crippen molar-refractivity contribution in [2.24, 2.45) is 7.05 Å². The third kappa shape index (κ3) is 4.54. The van der Waals surface area contributed by atoms with Crippen molar-refractivity contribution >= 4 is 29.3 Å². The first-order valence-electron chi connectivity index (χ1n) is 8.73. The van der Waals surface area contributed by atoms with Gasteiger partial charge in [-0.1, -0.05) is 47.6 Å². The van der Waals surface area contributed by atoms with E-state index in [0.29, 0.717) is 16.0 Å². The molecule has 0 radical (unpaired) electrons. The first-order valence-corrected chi connectivity index (χ1v) is 9.99. The Hall–Kier alpha value is -2.38. The molecule has 0 aliphatic rings. The van der Waals surface area contributed by atoms with Crippen LogP contribution in [-0.4, -0.2) is 25.9 Å². The Bertz CT molecular complexity index is 977. The number of halogens is 2. The van der Waals surface area contributed by atoms with E-state index in [2.05, 4.69) is 15.5 Å². The molecule has 0 saturated carbocycles.